The second-order valence-corrected chi connectivity index (χ2v) is 5.50. The molecule has 0 aromatic carbocycles. The van der Waals surface area contributed by atoms with Gasteiger partial charge in [0.1, 0.15) is 0 Å². The van der Waals surface area contributed by atoms with Gasteiger partial charge in [0.2, 0.25) is 11.8 Å². The van der Waals surface area contributed by atoms with Gasteiger partial charge in [0.05, 0.1) is 5.69 Å². The molecule has 1 spiro atoms. The Bertz CT molecular complexity index is 665. The van der Waals surface area contributed by atoms with Crippen LogP contribution in [0.25, 0.3) is 11.1 Å². The van der Waals surface area contributed by atoms with E-state index in [9.17, 15) is 0 Å². The zero-order valence-corrected chi connectivity index (χ0v) is 11.2. The lowest BCUT2D eigenvalue weighted by atomic mass is 9.78. The lowest BCUT2D eigenvalue weighted by Gasteiger charge is -2.40. The molecule has 102 valence electrons. The van der Waals surface area contributed by atoms with Crippen LogP contribution in [0.3, 0.4) is 0 Å². The topological polar surface area (TPSA) is 73.9 Å². The molecular weight excluding hydrogens is 252 g/mol. The maximum atomic E-state index is 6.28. The lowest BCUT2D eigenvalue weighted by molar-refractivity contribution is 0.0154. The van der Waals surface area contributed by atoms with Crippen LogP contribution >= 0.6 is 0 Å². The van der Waals surface area contributed by atoms with Crippen LogP contribution < -0.4 is 10.5 Å². The van der Waals surface area contributed by atoms with E-state index in [2.05, 4.69) is 15.0 Å². The highest BCUT2D eigenvalue weighted by Gasteiger charge is 2.44. The highest BCUT2D eigenvalue weighted by Crippen LogP contribution is 2.49. The SMILES string of the molecule is Nc1ncc2c(n1)C1(CCCCC1)Oc1ncccc1-2. The van der Waals surface area contributed by atoms with E-state index in [1.54, 1.807) is 12.4 Å². The molecule has 1 aliphatic heterocycles. The van der Waals surface area contributed by atoms with Crippen molar-refractivity contribution < 1.29 is 4.74 Å². The van der Waals surface area contributed by atoms with Crippen LogP contribution in [-0.4, -0.2) is 15.0 Å². The Morgan fingerprint density at radius 2 is 1.95 bits per heavy atom. The van der Waals surface area contributed by atoms with E-state index in [1.807, 2.05) is 12.1 Å². The van der Waals surface area contributed by atoms with Crippen LogP contribution in [-0.2, 0) is 5.60 Å². The van der Waals surface area contributed by atoms with E-state index in [0.717, 1.165) is 42.5 Å². The number of fused-ring (bicyclic) bond motifs is 4. The van der Waals surface area contributed by atoms with Crippen molar-refractivity contribution >= 4 is 5.95 Å². The Balaban J connectivity index is 1.96. The first-order valence-corrected chi connectivity index (χ1v) is 7.06. The van der Waals surface area contributed by atoms with E-state index in [4.69, 9.17) is 10.5 Å². The highest BCUT2D eigenvalue weighted by atomic mass is 16.5. The zero-order valence-electron chi connectivity index (χ0n) is 11.2. The van der Waals surface area contributed by atoms with Crippen molar-refractivity contribution in [3.63, 3.8) is 0 Å². The van der Waals surface area contributed by atoms with Gasteiger partial charge in [-0.1, -0.05) is 6.42 Å². The Kier molecular flexibility index (Phi) is 2.42. The van der Waals surface area contributed by atoms with Gasteiger partial charge >= 0.3 is 0 Å². The third kappa shape index (κ3) is 1.59. The second kappa shape index (κ2) is 4.16. The van der Waals surface area contributed by atoms with Crippen molar-refractivity contribution in [2.75, 3.05) is 5.73 Å². The van der Waals surface area contributed by atoms with Gasteiger partial charge in [0, 0.05) is 23.5 Å². The quantitative estimate of drug-likeness (QED) is 0.795. The van der Waals surface area contributed by atoms with Crippen molar-refractivity contribution in [1.82, 2.24) is 15.0 Å². The first-order chi connectivity index (χ1) is 9.78. The van der Waals surface area contributed by atoms with Crippen molar-refractivity contribution in [3.8, 4) is 17.0 Å². The molecular formula is C15H16N4O. The minimum absolute atomic E-state index is 0.310. The standard InChI is InChI=1S/C15H16N4O/c16-14-18-9-11-10-5-4-8-17-13(10)20-15(12(11)19-14)6-2-1-3-7-15/h4-5,8-9H,1-3,6-7H2,(H2,16,18,19). The van der Waals surface area contributed by atoms with Gasteiger partial charge in [-0.2, -0.15) is 0 Å². The Morgan fingerprint density at radius 1 is 1.10 bits per heavy atom. The van der Waals surface area contributed by atoms with Gasteiger partial charge in [-0.05, 0) is 37.8 Å². The van der Waals surface area contributed by atoms with Crippen LogP contribution in [0.2, 0.25) is 0 Å². The number of nitrogens with two attached hydrogens (primary N) is 1. The first kappa shape index (κ1) is 11.6. The minimum atomic E-state index is -0.369. The summed E-state index contributed by atoms with van der Waals surface area (Å²) in [5.41, 5.74) is 8.33. The van der Waals surface area contributed by atoms with E-state index in [0.29, 0.717) is 11.8 Å². The second-order valence-electron chi connectivity index (χ2n) is 5.50. The number of hydrogen-bond donors (Lipinski definition) is 1. The smallest absolute Gasteiger partial charge is 0.222 e. The fourth-order valence-electron chi connectivity index (χ4n) is 3.31. The van der Waals surface area contributed by atoms with Crippen molar-refractivity contribution in [2.45, 2.75) is 37.7 Å². The van der Waals surface area contributed by atoms with Crippen molar-refractivity contribution in [2.24, 2.45) is 0 Å². The largest absolute Gasteiger partial charge is 0.464 e. The summed E-state index contributed by atoms with van der Waals surface area (Å²) in [7, 11) is 0. The third-order valence-electron chi connectivity index (χ3n) is 4.25. The van der Waals surface area contributed by atoms with Crippen molar-refractivity contribution in [1.29, 1.82) is 0 Å². The normalized spacial score (nSPS) is 19.0. The number of aromatic nitrogens is 3. The van der Waals surface area contributed by atoms with E-state index in [-0.39, 0.29) is 5.60 Å². The van der Waals surface area contributed by atoms with Gasteiger partial charge in [0.15, 0.2) is 5.60 Å². The molecule has 0 bridgehead atoms. The maximum absolute atomic E-state index is 6.28. The monoisotopic (exact) mass is 268 g/mol. The molecule has 4 rings (SSSR count). The molecule has 2 N–H and O–H groups in total. The summed E-state index contributed by atoms with van der Waals surface area (Å²) in [4.78, 5) is 13.0. The first-order valence-electron chi connectivity index (χ1n) is 7.06. The van der Waals surface area contributed by atoms with Crippen molar-refractivity contribution in [3.05, 3.63) is 30.2 Å². The molecule has 0 unspecified atom stereocenters. The number of rotatable bonds is 0. The molecule has 1 saturated carbocycles. The molecule has 5 nitrogen and oxygen atoms in total. The molecule has 2 aromatic heterocycles. The average molecular weight is 268 g/mol. The van der Waals surface area contributed by atoms with Gasteiger partial charge < -0.3 is 10.5 Å². The van der Waals surface area contributed by atoms with Gasteiger partial charge in [-0.15, -0.1) is 0 Å². The van der Waals surface area contributed by atoms with E-state index in [1.165, 1.54) is 6.42 Å². The third-order valence-corrected chi connectivity index (χ3v) is 4.25. The number of ether oxygens (including phenoxy) is 1. The van der Waals surface area contributed by atoms with Gasteiger partial charge in [-0.3, -0.25) is 0 Å². The number of anilines is 1. The summed E-state index contributed by atoms with van der Waals surface area (Å²) < 4.78 is 6.28. The molecule has 0 radical (unpaired) electrons. The molecule has 2 aromatic rings. The molecule has 2 aliphatic rings. The van der Waals surface area contributed by atoms with Crippen LogP contribution in [0.15, 0.2) is 24.5 Å². The molecule has 0 amide bonds. The lowest BCUT2D eigenvalue weighted by Crippen LogP contribution is -2.39. The summed E-state index contributed by atoms with van der Waals surface area (Å²) in [6, 6.07) is 3.90. The minimum Gasteiger partial charge on any atom is -0.464 e. The Morgan fingerprint density at radius 3 is 2.80 bits per heavy atom. The predicted molar refractivity (Wildman–Crippen MR) is 75.1 cm³/mol. The summed E-state index contributed by atoms with van der Waals surface area (Å²) in [5.74, 6) is 1.000. The fourth-order valence-corrected chi connectivity index (χ4v) is 3.31. The van der Waals surface area contributed by atoms with Crippen LogP contribution in [0.4, 0.5) is 5.95 Å². The highest BCUT2D eigenvalue weighted by molar-refractivity contribution is 5.73. The van der Waals surface area contributed by atoms with Gasteiger partial charge in [0.25, 0.3) is 0 Å². The summed E-state index contributed by atoms with van der Waals surface area (Å²) in [6.45, 7) is 0. The number of nitrogen functional groups attached to an aromatic ring is 1. The molecule has 0 saturated heterocycles. The molecule has 5 heteroatoms. The average Bonchev–Trinajstić information content (AvgIpc) is 2.49. The Hall–Kier alpha value is -2.17. The van der Waals surface area contributed by atoms with E-state index < -0.39 is 0 Å². The molecule has 1 fully saturated rings. The van der Waals surface area contributed by atoms with E-state index >= 15 is 0 Å². The zero-order chi connectivity index (χ0) is 13.6. The molecule has 1 aliphatic carbocycles. The van der Waals surface area contributed by atoms with Crippen LogP contribution in [0.5, 0.6) is 5.88 Å². The number of pyridine rings is 1. The summed E-state index contributed by atoms with van der Waals surface area (Å²) >= 11 is 0. The number of hydrogen-bond acceptors (Lipinski definition) is 5. The maximum Gasteiger partial charge on any atom is 0.222 e. The summed E-state index contributed by atoms with van der Waals surface area (Å²) in [6.07, 6.45) is 9.03. The van der Waals surface area contributed by atoms with Crippen LogP contribution in [0, 0.1) is 0 Å². The fraction of sp³-hybridized carbons (Fsp3) is 0.400. The molecule has 0 atom stereocenters. The molecule has 20 heavy (non-hydrogen) atoms. The molecule has 3 heterocycles. The Labute approximate surface area is 117 Å². The number of nitrogens with zero attached hydrogens (tertiary/aromatic N) is 3. The predicted octanol–water partition coefficient (Wildman–Crippen LogP) is 2.67. The van der Waals surface area contributed by atoms with Gasteiger partial charge in [-0.25, -0.2) is 15.0 Å². The summed E-state index contributed by atoms with van der Waals surface area (Å²) in [5, 5.41) is 0. The van der Waals surface area contributed by atoms with Crippen LogP contribution in [0.1, 0.15) is 37.8 Å².